The molecule has 0 bridgehead atoms. The van der Waals surface area contributed by atoms with Gasteiger partial charge in [-0.05, 0) is 52.9 Å². The number of carboxylic acids is 1. The van der Waals surface area contributed by atoms with Crippen LogP contribution in [0.5, 0.6) is 0 Å². The molecule has 1 heterocycles. The van der Waals surface area contributed by atoms with Crippen molar-refractivity contribution in [1.29, 1.82) is 0 Å². The van der Waals surface area contributed by atoms with E-state index in [1.807, 2.05) is 0 Å². The molecule has 0 aromatic carbocycles. The number of hydrogen-bond acceptors (Lipinski definition) is 9. The summed E-state index contributed by atoms with van der Waals surface area (Å²) in [5, 5.41) is 17.3. The third-order valence-electron chi connectivity index (χ3n) is 7.52. The van der Waals surface area contributed by atoms with Gasteiger partial charge in [0.05, 0.1) is 29.0 Å². The number of imidazole rings is 1. The number of ether oxygens (including phenoxy) is 1. The van der Waals surface area contributed by atoms with Crippen molar-refractivity contribution in [3.8, 4) is 0 Å². The number of aromatic nitrogens is 2. The second kappa shape index (κ2) is 17.2. The van der Waals surface area contributed by atoms with E-state index in [4.69, 9.17) is 27.8 Å². The van der Waals surface area contributed by atoms with Crippen LogP contribution >= 0.6 is 12.2 Å². The minimum atomic E-state index is -1.85. The second-order valence-corrected chi connectivity index (χ2v) is 13.0. The number of carbonyl (C=O) groups is 5. The molecule has 1 fully saturated rings. The van der Waals surface area contributed by atoms with Gasteiger partial charge in [-0.3, -0.25) is 19.2 Å². The maximum atomic E-state index is 13.8. The van der Waals surface area contributed by atoms with Gasteiger partial charge < -0.3 is 36.5 Å². The van der Waals surface area contributed by atoms with Gasteiger partial charge in [0, 0.05) is 44.5 Å². The molecule has 1 saturated carbocycles. The maximum Gasteiger partial charge on any atom is 0.407 e. The lowest BCUT2D eigenvalue weighted by Gasteiger charge is -2.31. The Balaban J connectivity index is 2.10. The van der Waals surface area contributed by atoms with Gasteiger partial charge in [0.1, 0.15) is 5.60 Å². The zero-order valence-electron chi connectivity index (χ0n) is 26.2. The average Bonchev–Trinajstić information content (AvgIpc) is 3.67. The summed E-state index contributed by atoms with van der Waals surface area (Å²) >= 11 is 5.27. The monoisotopic (exact) mass is 636 g/mol. The third-order valence-corrected chi connectivity index (χ3v) is 7.87. The number of nitrogens with zero attached hydrogens (tertiary/aromatic N) is 1. The number of amides is 2. The topological polar surface area (TPSA) is 206 Å². The molecular formula is C30H48N6O7S. The van der Waals surface area contributed by atoms with Gasteiger partial charge in [-0.25, -0.2) is 9.78 Å². The van der Waals surface area contributed by atoms with Crippen molar-refractivity contribution >= 4 is 46.7 Å². The maximum absolute atomic E-state index is 13.8. The van der Waals surface area contributed by atoms with Crippen molar-refractivity contribution in [2.24, 2.45) is 17.6 Å². The van der Waals surface area contributed by atoms with Crippen molar-refractivity contribution in [2.75, 3.05) is 13.1 Å². The highest BCUT2D eigenvalue weighted by atomic mass is 32.1. The van der Waals surface area contributed by atoms with Gasteiger partial charge in [-0.2, -0.15) is 0 Å². The lowest BCUT2D eigenvalue weighted by molar-refractivity contribution is -0.141. The van der Waals surface area contributed by atoms with Crippen molar-refractivity contribution in [3.63, 3.8) is 0 Å². The number of unbranched alkanes of at least 4 members (excludes halogenated alkanes) is 1. The third kappa shape index (κ3) is 12.3. The minimum Gasteiger partial charge on any atom is -0.481 e. The van der Waals surface area contributed by atoms with Crippen LogP contribution in [0.3, 0.4) is 0 Å². The number of nitrogens with one attached hydrogen (secondary N) is 4. The molecule has 7 N–H and O–H groups in total. The van der Waals surface area contributed by atoms with E-state index in [1.165, 1.54) is 6.33 Å². The zero-order chi connectivity index (χ0) is 32.9. The molecule has 0 aliphatic heterocycles. The molecule has 14 heteroatoms. The molecular weight excluding hydrogens is 588 g/mol. The first-order valence-electron chi connectivity index (χ1n) is 15.2. The average molecular weight is 637 g/mol. The number of nitrogens with two attached hydrogens (primary N) is 1. The Morgan fingerprint density at radius 2 is 1.82 bits per heavy atom. The lowest BCUT2D eigenvalue weighted by Crippen LogP contribution is -2.63. The van der Waals surface area contributed by atoms with Crippen LogP contribution in [-0.4, -0.2) is 79.9 Å². The molecule has 44 heavy (non-hydrogen) atoms. The lowest BCUT2D eigenvalue weighted by atomic mass is 9.80. The standard InChI is InChI=1S/C30H48N6O7S/c1-19(26(39)40)16-34-24(44)12-11-23(37)22(15-21-17-32-18-35-21)36-27(41)30(31,25(38)20-9-5-6-10-20)13-7-8-14-33-28(42)43-29(2,3)4/h17-20,22H,5-16,31H2,1-4H3,(H,32,35)(H,33,42)(H,34,44)(H,36,41)(H,39,40)/t19?,22-,30+/m0/s1. The van der Waals surface area contributed by atoms with Crippen LogP contribution < -0.4 is 21.7 Å². The van der Waals surface area contributed by atoms with Crippen LogP contribution in [0.25, 0.3) is 0 Å². The number of carbonyl (C=O) groups excluding carboxylic acids is 4. The number of ketones is 2. The summed E-state index contributed by atoms with van der Waals surface area (Å²) in [6.07, 6.45) is 6.71. The highest BCUT2D eigenvalue weighted by Gasteiger charge is 2.46. The molecule has 13 nitrogen and oxygen atoms in total. The van der Waals surface area contributed by atoms with E-state index < -0.39 is 41.1 Å². The van der Waals surface area contributed by atoms with Crippen LogP contribution in [0.2, 0.25) is 0 Å². The van der Waals surface area contributed by atoms with Crippen molar-refractivity contribution in [3.05, 3.63) is 18.2 Å². The molecule has 1 aromatic rings. The van der Waals surface area contributed by atoms with Gasteiger partial charge in [0.2, 0.25) is 5.91 Å². The molecule has 1 aliphatic rings. The number of alkyl carbamates (subject to hydrolysis) is 1. The Labute approximate surface area is 264 Å². The molecule has 3 atom stereocenters. The first kappa shape index (κ1) is 36.8. The summed E-state index contributed by atoms with van der Waals surface area (Å²) < 4.78 is 5.24. The summed E-state index contributed by atoms with van der Waals surface area (Å²) in [6, 6.07) is -1.01. The fourth-order valence-electron chi connectivity index (χ4n) is 4.93. The normalized spacial score (nSPS) is 16.3. The van der Waals surface area contributed by atoms with Crippen molar-refractivity contribution in [1.82, 2.24) is 25.9 Å². The number of aliphatic carboxylic acids is 1. The van der Waals surface area contributed by atoms with Crippen LogP contribution in [0, 0.1) is 11.8 Å². The van der Waals surface area contributed by atoms with E-state index in [2.05, 4.69) is 25.9 Å². The van der Waals surface area contributed by atoms with Gasteiger partial charge in [0.25, 0.3) is 0 Å². The zero-order valence-corrected chi connectivity index (χ0v) is 27.0. The Kier molecular flexibility index (Phi) is 14.4. The van der Waals surface area contributed by atoms with Crippen LogP contribution in [-0.2, 0) is 30.3 Å². The van der Waals surface area contributed by atoms with Crippen molar-refractivity contribution < 1.29 is 33.8 Å². The predicted molar refractivity (Wildman–Crippen MR) is 168 cm³/mol. The molecule has 1 aromatic heterocycles. The van der Waals surface area contributed by atoms with E-state index in [9.17, 15) is 24.0 Å². The highest BCUT2D eigenvalue weighted by Crippen LogP contribution is 2.30. The van der Waals surface area contributed by atoms with E-state index in [-0.39, 0.29) is 56.3 Å². The number of hydrogen-bond donors (Lipinski definition) is 6. The Morgan fingerprint density at radius 1 is 1.14 bits per heavy atom. The van der Waals surface area contributed by atoms with E-state index in [0.717, 1.165) is 12.8 Å². The number of aromatic amines is 1. The largest absolute Gasteiger partial charge is 0.481 e. The van der Waals surface area contributed by atoms with Gasteiger partial charge in [-0.15, -0.1) is 0 Å². The van der Waals surface area contributed by atoms with Crippen LogP contribution in [0.4, 0.5) is 4.79 Å². The minimum absolute atomic E-state index is 0.0207. The Morgan fingerprint density at radius 3 is 2.41 bits per heavy atom. The molecule has 0 saturated heterocycles. The van der Waals surface area contributed by atoms with Crippen LogP contribution in [0.1, 0.15) is 91.2 Å². The smallest absolute Gasteiger partial charge is 0.407 e. The molecule has 0 radical (unpaired) electrons. The summed E-state index contributed by atoms with van der Waals surface area (Å²) in [5.41, 5.74) is 4.70. The molecule has 2 amide bonds. The SMILES string of the molecule is CC(CNC(=S)CCC(=O)[C@H](Cc1c[nH]cn1)NC(=O)[C@@](N)(CCCCNC(=O)OC(C)(C)C)C(=O)C1CCCC1)C(=O)O. The summed E-state index contributed by atoms with van der Waals surface area (Å²) in [4.78, 5) is 71.2. The summed E-state index contributed by atoms with van der Waals surface area (Å²) in [7, 11) is 0. The molecule has 2 rings (SSSR count). The fourth-order valence-corrected chi connectivity index (χ4v) is 5.12. The Hall–Kier alpha value is -3.39. The highest BCUT2D eigenvalue weighted by molar-refractivity contribution is 7.80. The number of rotatable bonds is 18. The number of thiocarbonyl (C=S) groups is 1. The van der Waals surface area contributed by atoms with E-state index in [0.29, 0.717) is 36.4 Å². The second-order valence-electron chi connectivity index (χ2n) is 12.5. The van der Waals surface area contributed by atoms with E-state index in [1.54, 1.807) is 33.9 Å². The van der Waals surface area contributed by atoms with Gasteiger partial charge >= 0.3 is 12.1 Å². The molecule has 246 valence electrons. The summed E-state index contributed by atoms with van der Waals surface area (Å²) in [5.74, 6) is -3.33. The quantitative estimate of drug-likeness (QED) is 0.0784. The number of Topliss-reactive ketones (excluding diaryl/α,β-unsaturated/α-hetero) is 2. The summed E-state index contributed by atoms with van der Waals surface area (Å²) in [6.45, 7) is 7.25. The number of carboxylic acid groups (broad SMARTS) is 1. The molecule has 1 unspecified atom stereocenters. The predicted octanol–water partition coefficient (Wildman–Crippen LogP) is 2.58. The Bertz CT molecular complexity index is 1150. The van der Waals surface area contributed by atoms with E-state index >= 15 is 0 Å². The molecule has 1 aliphatic carbocycles. The van der Waals surface area contributed by atoms with Gasteiger partial charge in [-0.1, -0.05) is 32.0 Å². The number of H-pyrrole nitrogens is 1. The molecule has 0 spiro atoms. The van der Waals surface area contributed by atoms with Crippen LogP contribution in [0.15, 0.2) is 12.5 Å². The fraction of sp³-hybridized carbons (Fsp3) is 0.700. The van der Waals surface area contributed by atoms with Gasteiger partial charge in [0.15, 0.2) is 17.1 Å². The first-order chi connectivity index (χ1) is 20.6. The first-order valence-corrected chi connectivity index (χ1v) is 15.6. The van der Waals surface area contributed by atoms with Crippen molar-refractivity contribution in [2.45, 2.75) is 109 Å².